The molecule has 1 aromatic heterocycles. The summed E-state index contributed by atoms with van der Waals surface area (Å²) in [5, 5.41) is 18.2. The number of hydrogen-bond donors (Lipinski definition) is 1. The molecule has 1 saturated heterocycles. The highest BCUT2D eigenvalue weighted by molar-refractivity contribution is 6.25. The number of nitrogens with zero attached hydrogens (tertiary/aromatic N) is 4. The molecule has 3 aliphatic carbocycles. The lowest BCUT2D eigenvalue weighted by Gasteiger charge is -2.41. The molecule has 2 aromatic carbocycles. The van der Waals surface area contributed by atoms with Crippen molar-refractivity contribution in [1.82, 2.24) is 0 Å². The Morgan fingerprint density at radius 2 is 1.57 bits per heavy atom. The van der Waals surface area contributed by atoms with E-state index in [4.69, 9.17) is 4.42 Å². The second-order valence-electron chi connectivity index (χ2n) is 12.3. The van der Waals surface area contributed by atoms with E-state index in [0.717, 1.165) is 11.3 Å². The number of rotatable bonds is 6. The number of furan rings is 1. The number of aliphatic hydroxyl groups excluding tert-OH is 1. The minimum Gasteiger partial charge on any atom is -0.463 e. The highest BCUT2D eigenvalue weighted by Gasteiger charge is 2.57. The monoisotopic (exact) mass is 616 g/mol. The number of amides is 2. The van der Waals surface area contributed by atoms with Gasteiger partial charge in [-0.25, -0.2) is 0 Å². The molecule has 4 unspecified atom stereocenters. The molecule has 10 heteroatoms. The molecular weight excluding hydrogens is 584 g/mol. The maximum absolute atomic E-state index is 14.1. The molecule has 4 atom stereocenters. The molecule has 2 heterocycles. The zero-order chi connectivity index (χ0) is 32.3. The first kappa shape index (κ1) is 29.5. The third-order valence-electron chi connectivity index (χ3n) is 9.44. The Morgan fingerprint density at radius 3 is 2.20 bits per heavy atom. The standard InChI is InChI=1S/C36H32N4O6/c1-19-16-29(42)32-28(34(19)43)17-27-25(33(32)30-15-12-24(18-41)46-30)13-14-26-31(27)36(45)40(35(26)44)23-10-6-21(7-11-23)38-37-20-4-8-22(9-5-20)39(2)3/h4-13,15-16,26-27,31,33,41H,14,17-18H2,1-3H3. The Balaban J connectivity index is 1.18. The molecule has 0 spiro atoms. The lowest BCUT2D eigenvalue weighted by molar-refractivity contribution is -0.123. The van der Waals surface area contributed by atoms with E-state index in [0.29, 0.717) is 51.7 Å². The van der Waals surface area contributed by atoms with Gasteiger partial charge in [0.2, 0.25) is 11.8 Å². The van der Waals surface area contributed by atoms with Crippen molar-refractivity contribution < 1.29 is 28.7 Å². The summed E-state index contributed by atoms with van der Waals surface area (Å²) < 4.78 is 5.91. The second kappa shape index (κ2) is 11.3. The maximum Gasteiger partial charge on any atom is 0.238 e. The highest BCUT2D eigenvalue weighted by atomic mass is 16.4. The van der Waals surface area contributed by atoms with Crippen LogP contribution < -0.4 is 9.80 Å². The van der Waals surface area contributed by atoms with Crippen LogP contribution in [0.1, 0.15) is 37.2 Å². The van der Waals surface area contributed by atoms with Gasteiger partial charge in [0.1, 0.15) is 18.1 Å². The first-order valence-electron chi connectivity index (χ1n) is 15.2. The van der Waals surface area contributed by atoms with Crippen molar-refractivity contribution in [3.05, 3.63) is 107 Å². The Kier molecular flexibility index (Phi) is 7.24. The van der Waals surface area contributed by atoms with Gasteiger partial charge in [-0.05, 0) is 92.4 Å². The second-order valence-corrected chi connectivity index (χ2v) is 12.3. The molecule has 4 aliphatic rings. The molecule has 0 saturated carbocycles. The number of benzene rings is 2. The van der Waals surface area contributed by atoms with Gasteiger partial charge in [0.25, 0.3) is 0 Å². The van der Waals surface area contributed by atoms with Crippen molar-refractivity contribution in [2.75, 3.05) is 23.9 Å². The number of carbonyl (C=O) groups excluding carboxylic acids is 4. The SMILES string of the molecule is CC1=CC(=O)C2=C(CC3C(=CCC4C(=O)N(c5ccc(N=Nc6ccc(N(C)C)cc6)cc5)C(=O)C43)C2c2ccc(CO)o2)C1=O. The minimum atomic E-state index is -0.699. The van der Waals surface area contributed by atoms with Crippen LogP contribution in [-0.2, 0) is 25.8 Å². The minimum absolute atomic E-state index is 0.184. The van der Waals surface area contributed by atoms with Crippen LogP contribution in [-0.4, -0.2) is 42.6 Å². The highest BCUT2D eigenvalue weighted by Crippen LogP contribution is 2.55. The molecule has 1 aliphatic heterocycles. The smallest absolute Gasteiger partial charge is 0.238 e. The Hall–Kier alpha value is -5.22. The number of carbonyl (C=O) groups is 4. The molecule has 0 radical (unpaired) electrons. The number of azo groups is 1. The number of anilines is 2. The van der Waals surface area contributed by atoms with Crippen LogP contribution in [0.3, 0.4) is 0 Å². The van der Waals surface area contributed by atoms with E-state index in [2.05, 4.69) is 10.2 Å². The van der Waals surface area contributed by atoms with E-state index in [-0.39, 0.29) is 36.4 Å². The molecule has 7 rings (SSSR count). The van der Waals surface area contributed by atoms with Gasteiger partial charge in [-0.3, -0.25) is 24.1 Å². The fraction of sp³-hybridized carbons (Fsp3) is 0.278. The van der Waals surface area contributed by atoms with Crippen molar-refractivity contribution in [1.29, 1.82) is 0 Å². The summed E-state index contributed by atoms with van der Waals surface area (Å²) >= 11 is 0. The fourth-order valence-electron chi connectivity index (χ4n) is 7.20. The van der Waals surface area contributed by atoms with Crippen LogP contribution >= 0.6 is 0 Å². The maximum atomic E-state index is 14.1. The van der Waals surface area contributed by atoms with E-state index in [1.54, 1.807) is 43.3 Å². The zero-order valence-corrected chi connectivity index (χ0v) is 25.6. The zero-order valence-electron chi connectivity index (χ0n) is 25.6. The average molecular weight is 617 g/mol. The van der Waals surface area contributed by atoms with Crippen LogP contribution in [0.5, 0.6) is 0 Å². The molecule has 2 amide bonds. The summed E-state index contributed by atoms with van der Waals surface area (Å²) in [6.45, 7) is 1.30. The van der Waals surface area contributed by atoms with E-state index in [9.17, 15) is 24.3 Å². The number of ketones is 2. The van der Waals surface area contributed by atoms with E-state index >= 15 is 0 Å². The number of fused-ring (bicyclic) bond motifs is 3. The van der Waals surface area contributed by atoms with Crippen LogP contribution in [0.15, 0.2) is 110 Å². The predicted octanol–water partition coefficient (Wildman–Crippen LogP) is 5.89. The van der Waals surface area contributed by atoms with Gasteiger partial charge in [0.15, 0.2) is 11.6 Å². The summed E-state index contributed by atoms with van der Waals surface area (Å²) in [5.41, 5.74) is 4.61. The lowest BCUT2D eigenvalue weighted by Crippen LogP contribution is -2.39. The number of Topliss-reactive ketones (excluding diaryl/α,β-unsaturated/α-hetero) is 1. The van der Waals surface area contributed by atoms with Crippen molar-refractivity contribution in [3.63, 3.8) is 0 Å². The Morgan fingerprint density at radius 1 is 0.891 bits per heavy atom. The van der Waals surface area contributed by atoms with Crippen LogP contribution in [0.4, 0.5) is 22.7 Å². The fourth-order valence-corrected chi connectivity index (χ4v) is 7.20. The third-order valence-corrected chi connectivity index (χ3v) is 9.44. The van der Waals surface area contributed by atoms with Crippen molar-refractivity contribution in [2.45, 2.75) is 32.3 Å². The Bertz CT molecular complexity index is 1910. The predicted molar refractivity (Wildman–Crippen MR) is 170 cm³/mol. The van der Waals surface area contributed by atoms with Gasteiger partial charge in [-0.1, -0.05) is 11.6 Å². The van der Waals surface area contributed by atoms with Gasteiger partial charge in [-0.2, -0.15) is 10.2 Å². The van der Waals surface area contributed by atoms with Gasteiger partial charge < -0.3 is 14.4 Å². The van der Waals surface area contributed by atoms with Gasteiger partial charge in [0.05, 0.1) is 34.8 Å². The topological polar surface area (TPSA) is 133 Å². The summed E-state index contributed by atoms with van der Waals surface area (Å²) in [5.74, 6) is -2.82. The quantitative estimate of drug-likeness (QED) is 0.158. The molecule has 1 N–H and O–H groups in total. The van der Waals surface area contributed by atoms with E-state index in [1.165, 1.54) is 11.0 Å². The molecule has 46 heavy (non-hydrogen) atoms. The van der Waals surface area contributed by atoms with Crippen molar-refractivity contribution >= 4 is 46.1 Å². The summed E-state index contributed by atoms with van der Waals surface area (Å²) in [7, 11) is 3.93. The van der Waals surface area contributed by atoms with E-state index in [1.807, 2.05) is 49.3 Å². The summed E-state index contributed by atoms with van der Waals surface area (Å²) in [4.78, 5) is 57.9. The Labute approximate surface area is 265 Å². The number of hydrogen-bond acceptors (Lipinski definition) is 9. The van der Waals surface area contributed by atoms with Crippen LogP contribution in [0.2, 0.25) is 0 Å². The van der Waals surface area contributed by atoms with Gasteiger partial charge in [0, 0.05) is 36.5 Å². The normalized spacial score (nSPS) is 24.2. The number of imide groups is 1. The molecule has 0 bridgehead atoms. The summed E-state index contributed by atoms with van der Waals surface area (Å²) in [6, 6.07) is 17.8. The number of aliphatic hydroxyl groups is 1. The van der Waals surface area contributed by atoms with Crippen molar-refractivity contribution in [3.8, 4) is 0 Å². The van der Waals surface area contributed by atoms with Gasteiger partial charge in [-0.15, -0.1) is 0 Å². The first-order valence-corrected chi connectivity index (χ1v) is 15.2. The molecule has 3 aromatic rings. The third kappa shape index (κ3) is 4.76. The molecule has 232 valence electrons. The van der Waals surface area contributed by atoms with Crippen LogP contribution in [0.25, 0.3) is 0 Å². The number of allylic oxidation sites excluding steroid dienone is 6. The summed E-state index contributed by atoms with van der Waals surface area (Å²) in [6.07, 6.45) is 3.80. The lowest BCUT2D eigenvalue weighted by atomic mass is 9.60. The average Bonchev–Trinajstić information content (AvgIpc) is 3.64. The largest absolute Gasteiger partial charge is 0.463 e. The van der Waals surface area contributed by atoms with Crippen LogP contribution in [0, 0.1) is 17.8 Å². The van der Waals surface area contributed by atoms with Crippen molar-refractivity contribution in [2.24, 2.45) is 28.0 Å². The molecule has 10 nitrogen and oxygen atoms in total. The molecular formula is C36H32N4O6. The van der Waals surface area contributed by atoms with E-state index < -0.39 is 23.7 Å². The van der Waals surface area contributed by atoms with Gasteiger partial charge >= 0.3 is 0 Å². The molecule has 1 fully saturated rings. The first-order chi connectivity index (χ1) is 22.2.